The van der Waals surface area contributed by atoms with Crippen molar-refractivity contribution < 1.29 is 36.2 Å². The molecule has 0 aliphatic rings. The van der Waals surface area contributed by atoms with Gasteiger partial charge in [0.1, 0.15) is 10.9 Å². The molecule has 8 nitrogen and oxygen atoms in total. The van der Waals surface area contributed by atoms with Gasteiger partial charge in [-0.1, -0.05) is 0 Å². The van der Waals surface area contributed by atoms with Crippen molar-refractivity contribution in [3.05, 3.63) is 31.3 Å². The van der Waals surface area contributed by atoms with Gasteiger partial charge >= 0.3 is 24.1 Å². The van der Waals surface area contributed by atoms with Gasteiger partial charge in [0.05, 0.1) is 11.8 Å². The molecule has 1 atom stereocenters. The lowest BCUT2D eigenvalue weighted by molar-refractivity contribution is -0.164. The maximum atomic E-state index is 13.2. The van der Waals surface area contributed by atoms with Crippen LogP contribution >= 0.6 is 11.3 Å². The summed E-state index contributed by atoms with van der Waals surface area (Å²) in [5.41, 5.74) is 1.44. The Hall–Kier alpha value is -2.55. The van der Waals surface area contributed by atoms with Crippen LogP contribution in [0.2, 0.25) is 0 Å². The van der Waals surface area contributed by atoms with Crippen LogP contribution in [0.25, 0.3) is 10.2 Å². The third-order valence-corrected chi connectivity index (χ3v) is 5.58. The third-order valence-electron chi connectivity index (χ3n) is 4.27. The molecule has 0 bridgehead atoms. The zero-order valence-corrected chi connectivity index (χ0v) is 16.3. The molecule has 1 amide bonds. The van der Waals surface area contributed by atoms with E-state index >= 15 is 0 Å². The molecule has 0 aliphatic heterocycles. The minimum absolute atomic E-state index is 0.106. The van der Waals surface area contributed by atoms with Crippen molar-refractivity contribution in [2.24, 2.45) is 0 Å². The highest BCUT2D eigenvalue weighted by atomic mass is 32.1. The van der Waals surface area contributed by atoms with E-state index in [-0.39, 0.29) is 31.8 Å². The minimum Gasteiger partial charge on any atom is -0.464 e. The van der Waals surface area contributed by atoms with E-state index in [1.807, 2.05) is 5.43 Å². The summed E-state index contributed by atoms with van der Waals surface area (Å²) in [5.74, 6) is 0. The summed E-state index contributed by atoms with van der Waals surface area (Å²) in [7, 11) is 0. The number of fused-ring (bicyclic) bond motifs is 1. The Morgan fingerprint density at radius 2 is 1.80 bits per heavy atom. The zero-order valence-electron chi connectivity index (χ0n) is 15.4. The average Bonchev–Trinajstić information content (AvgIpc) is 2.89. The summed E-state index contributed by atoms with van der Waals surface area (Å²) >= 11 is 0.715. The standard InChI is InChI=1S/C15H16F6N4O4S/c1-6-8(5-22-23-12(27)28)30-11-9(6)10(26)25(7(2)15(19,20)21)13(29)24(11)4-3-14(16,17)18/h7,22-23H,3-5H2,1-2H3,(H,27,28). The van der Waals surface area contributed by atoms with Crippen LogP contribution in [0.1, 0.15) is 29.8 Å². The number of halogens is 6. The first-order valence-corrected chi connectivity index (χ1v) is 9.09. The summed E-state index contributed by atoms with van der Waals surface area (Å²) in [6.07, 6.45) is -12.6. The number of hydrogen-bond acceptors (Lipinski definition) is 5. The third kappa shape index (κ3) is 4.95. The highest BCUT2D eigenvalue weighted by Gasteiger charge is 2.40. The predicted molar refractivity (Wildman–Crippen MR) is 94.5 cm³/mol. The van der Waals surface area contributed by atoms with E-state index in [0.717, 1.165) is 0 Å². The van der Waals surface area contributed by atoms with E-state index in [1.165, 1.54) is 6.92 Å². The van der Waals surface area contributed by atoms with Gasteiger partial charge < -0.3 is 5.11 Å². The molecular weight excluding hydrogens is 446 g/mol. The van der Waals surface area contributed by atoms with Gasteiger partial charge in [-0.25, -0.2) is 19.6 Å². The number of rotatable bonds is 6. The Morgan fingerprint density at radius 3 is 2.30 bits per heavy atom. The largest absolute Gasteiger partial charge is 0.464 e. The first kappa shape index (κ1) is 23.7. The summed E-state index contributed by atoms with van der Waals surface area (Å²) in [6, 6.07) is -2.56. The molecule has 0 spiro atoms. The second-order valence-corrected chi connectivity index (χ2v) is 7.39. The van der Waals surface area contributed by atoms with Gasteiger partial charge in [-0.05, 0) is 19.4 Å². The van der Waals surface area contributed by atoms with E-state index in [2.05, 4.69) is 5.43 Å². The number of nitrogens with zero attached hydrogens (tertiary/aromatic N) is 2. The molecule has 2 aromatic rings. The SMILES string of the molecule is Cc1c(CNNC(=O)O)sc2c1c(=O)n(C(C)C(F)(F)F)c(=O)n2CCC(F)(F)F. The lowest BCUT2D eigenvalue weighted by atomic mass is 10.2. The van der Waals surface area contributed by atoms with Gasteiger partial charge in [-0.3, -0.25) is 14.8 Å². The van der Waals surface area contributed by atoms with Crippen LogP contribution in [0, 0.1) is 6.92 Å². The smallest absolute Gasteiger partial charge is 0.419 e. The molecule has 2 heterocycles. The lowest BCUT2D eigenvalue weighted by Crippen LogP contribution is -2.45. The Kier molecular flexibility index (Phi) is 6.56. The second kappa shape index (κ2) is 8.29. The van der Waals surface area contributed by atoms with Crippen LogP contribution in [-0.2, 0) is 13.1 Å². The summed E-state index contributed by atoms with van der Waals surface area (Å²) in [6.45, 7) is 0.714. The quantitative estimate of drug-likeness (QED) is 0.452. The summed E-state index contributed by atoms with van der Waals surface area (Å²) < 4.78 is 78.0. The second-order valence-electron chi connectivity index (χ2n) is 6.31. The number of thiophene rings is 1. The van der Waals surface area contributed by atoms with Crippen molar-refractivity contribution in [2.75, 3.05) is 0 Å². The fourth-order valence-electron chi connectivity index (χ4n) is 2.70. The van der Waals surface area contributed by atoms with Crippen molar-refractivity contribution in [1.82, 2.24) is 20.0 Å². The fraction of sp³-hybridized carbons (Fsp3) is 0.533. The van der Waals surface area contributed by atoms with Crippen LogP contribution in [0.5, 0.6) is 0 Å². The van der Waals surface area contributed by atoms with Gasteiger partial charge in [0.25, 0.3) is 5.56 Å². The topological polar surface area (TPSA) is 105 Å². The van der Waals surface area contributed by atoms with Gasteiger partial charge in [-0.15, -0.1) is 11.3 Å². The average molecular weight is 462 g/mol. The monoisotopic (exact) mass is 462 g/mol. The number of alkyl halides is 6. The van der Waals surface area contributed by atoms with Crippen LogP contribution in [0.4, 0.5) is 31.1 Å². The molecule has 0 radical (unpaired) electrons. The molecular formula is C15H16F6N4O4S. The number of aromatic nitrogens is 2. The van der Waals surface area contributed by atoms with Crippen LogP contribution < -0.4 is 22.1 Å². The molecule has 30 heavy (non-hydrogen) atoms. The maximum absolute atomic E-state index is 13.2. The van der Waals surface area contributed by atoms with E-state index in [9.17, 15) is 40.7 Å². The van der Waals surface area contributed by atoms with Gasteiger partial charge in [0.2, 0.25) is 0 Å². The first-order valence-electron chi connectivity index (χ1n) is 8.27. The Morgan fingerprint density at radius 1 is 1.20 bits per heavy atom. The molecule has 0 fully saturated rings. The minimum atomic E-state index is -4.99. The number of nitrogens with one attached hydrogen (secondary N) is 2. The van der Waals surface area contributed by atoms with E-state index < -0.39 is 48.7 Å². The van der Waals surface area contributed by atoms with Crippen molar-refractivity contribution in [3.63, 3.8) is 0 Å². The van der Waals surface area contributed by atoms with Crippen LogP contribution in [0.3, 0.4) is 0 Å². The van der Waals surface area contributed by atoms with Gasteiger partial charge in [0, 0.05) is 18.0 Å². The number of carboxylic acid groups (broad SMARTS) is 1. The molecule has 2 rings (SSSR count). The normalized spacial score (nSPS) is 13.6. The predicted octanol–water partition coefficient (Wildman–Crippen LogP) is 2.88. The van der Waals surface area contributed by atoms with Crippen LogP contribution in [-0.4, -0.2) is 32.7 Å². The van der Waals surface area contributed by atoms with E-state index in [1.54, 1.807) is 0 Å². The van der Waals surface area contributed by atoms with Crippen LogP contribution in [0.15, 0.2) is 9.59 Å². The molecule has 0 saturated carbocycles. The van der Waals surface area contributed by atoms with Gasteiger partial charge in [-0.2, -0.15) is 26.3 Å². The molecule has 2 aromatic heterocycles. The maximum Gasteiger partial charge on any atom is 0.419 e. The lowest BCUT2D eigenvalue weighted by Gasteiger charge is -2.20. The van der Waals surface area contributed by atoms with E-state index in [4.69, 9.17) is 5.11 Å². The Bertz CT molecular complexity index is 1070. The number of aryl methyl sites for hydroxylation is 2. The molecule has 168 valence electrons. The zero-order chi connectivity index (χ0) is 23.0. The molecule has 0 saturated heterocycles. The van der Waals surface area contributed by atoms with Crippen molar-refractivity contribution in [2.45, 2.75) is 51.8 Å². The highest BCUT2D eigenvalue weighted by molar-refractivity contribution is 7.18. The number of amides is 1. The van der Waals surface area contributed by atoms with Crippen molar-refractivity contribution >= 4 is 27.6 Å². The molecule has 0 aromatic carbocycles. The first-order chi connectivity index (χ1) is 13.6. The van der Waals surface area contributed by atoms with Crippen molar-refractivity contribution in [1.29, 1.82) is 0 Å². The summed E-state index contributed by atoms with van der Waals surface area (Å²) in [5, 5.41) is 8.23. The highest BCUT2D eigenvalue weighted by Crippen LogP contribution is 2.32. The Balaban J connectivity index is 2.74. The number of carbonyl (C=O) groups is 1. The number of hydrazine groups is 1. The Labute approximate surface area is 167 Å². The fourth-order valence-corrected chi connectivity index (χ4v) is 3.96. The molecule has 15 heteroatoms. The molecule has 0 aliphatic carbocycles. The summed E-state index contributed by atoms with van der Waals surface area (Å²) in [4.78, 5) is 35.9. The molecule has 3 N–H and O–H groups in total. The molecule has 1 unspecified atom stereocenters. The van der Waals surface area contributed by atoms with E-state index in [0.29, 0.717) is 22.8 Å². The van der Waals surface area contributed by atoms with Gasteiger partial charge in [0.15, 0.2) is 0 Å². The van der Waals surface area contributed by atoms with Crippen molar-refractivity contribution in [3.8, 4) is 0 Å². The number of hydrogen-bond donors (Lipinski definition) is 3.